The van der Waals surface area contributed by atoms with Crippen molar-refractivity contribution >= 4 is 17.6 Å². The zero-order valence-electron chi connectivity index (χ0n) is 12.6. The van der Waals surface area contributed by atoms with Gasteiger partial charge in [0.2, 0.25) is 0 Å². The molecule has 5 nitrogen and oxygen atoms in total. The van der Waals surface area contributed by atoms with Crippen LogP contribution < -0.4 is 11.2 Å². The molecule has 22 heavy (non-hydrogen) atoms. The van der Waals surface area contributed by atoms with Gasteiger partial charge in [0.1, 0.15) is 5.49 Å². The normalized spacial score (nSPS) is 11.7. The number of nitrogens with two attached hydrogens (primary N) is 1. The number of benzene rings is 1. The fourth-order valence-electron chi connectivity index (χ4n) is 2.36. The smallest absolute Gasteiger partial charge is 0.130 e. The van der Waals surface area contributed by atoms with Gasteiger partial charge in [-0.25, -0.2) is 0 Å². The van der Waals surface area contributed by atoms with Crippen molar-refractivity contribution < 1.29 is 0 Å². The number of nitrogens with one attached hydrogen (secondary N) is 3. The van der Waals surface area contributed by atoms with Crippen LogP contribution in [-0.2, 0) is 0 Å². The van der Waals surface area contributed by atoms with E-state index < -0.39 is 0 Å². The molecule has 0 atom stereocenters. The molecule has 0 aliphatic heterocycles. The van der Waals surface area contributed by atoms with Crippen molar-refractivity contribution in [1.82, 2.24) is 4.57 Å². The Balaban J connectivity index is 2.45. The molecule has 0 saturated carbocycles. The highest BCUT2D eigenvalue weighted by Gasteiger charge is 2.07. The molecule has 0 saturated heterocycles. The van der Waals surface area contributed by atoms with Crippen molar-refractivity contribution in [2.45, 2.75) is 13.8 Å². The molecule has 0 bridgehead atoms. The van der Waals surface area contributed by atoms with Crippen LogP contribution in [0, 0.1) is 16.2 Å². The fourth-order valence-corrected chi connectivity index (χ4v) is 2.36. The van der Waals surface area contributed by atoms with Crippen molar-refractivity contribution in [1.29, 1.82) is 16.2 Å². The number of hydrogen-bond acceptors (Lipinski definition) is 4. The van der Waals surface area contributed by atoms with Gasteiger partial charge in [0, 0.05) is 23.2 Å². The first-order valence-corrected chi connectivity index (χ1v) is 6.84. The Kier molecular flexibility index (Phi) is 4.36. The standard InChI is InChI=1S/C17H19N5/c1-11(19)17(12(2)20)14-5-3-13(4-6-14)15-7-8-16(21)22(9-15)10-18/h3-10,18-19,21H,20H2,1-2H3/b17-12+,18-10?,19-11?,21-16?. The average Bonchev–Trinajstić information content (AvgIpc) is 2.48. The predicted octanol–water partition coefficient (Wildman–Crippen LogP) is 2.82. The molecule has 0 radical (unpaired) electrons. The Labute approximate surface area is 129 Å². The van der Waals surface area contributed by atoms with Crippen LogP contribution in [0.3, 0.4) is 0 Å². The van der Waals surface area contributed by atoms with Crippen LogP contribution in [0.2, 0.25) is 0 Å². The van der Waals surface area contributed by atoms with Crippen LogP contribution in [0.25, 0.3) is 16.7 Å². The third-order valence-corrected chi connectivity index (χ3v) is 3.39. The number of allylic oxidation sites excluding steroid dienone is 2. The van der Waals surface area contributed by atoms with Gasteiger partial charge in [0.15, 0.2) is 0 Å². The fraction of sp³-hybridized carbons (Fsp3) is 0.118. The van der Waals surface area contributed by atoms with Crippen LogP contribution in [0.1, 0.15) is 19.4 Å². The number of nitrogens with zero attached hydrogens (tertiary/aromatic N) is 1. The van der Waals surface area contributed by atoms with Gasteiger partial charge in [0.25, 0.3) is 0 Å². The minimum atomic E-state index is 0.263. The number of hydrogen-bond donors (Lipinski definition) is 4. The molecule has 0 unspecified atom stereocenters. The Morgan fingerprint density at radius 1 is 1.05 bits per heavy atom. The summed E-state index contributed by atoms with van der Waals surface area (Å²) in [6.07, 6.45) is 2.86. The first-order chi connectivity index (χ1) is 10.4. The topological polar surface area (TPSA) is 102 Å². The highest BCUT2D eigenvalue weighted by molar-refractivity contribution is 6.21. The van der Waals surface area contributed by atoms with Crippen LogP contribution in [0.5, 0.6) is 0 Å². The first-order valence-electron chi connectivity index (χ1n) is 6.84. The van der Waals surface area contributed by atoms with Gasteiger partial charge in [-0.3, -0.25) is 15.4 Å². The van der Waals surface area contributed by atoms with Gasteiger partial charge in [-0.1, -0.05) is 24.3 Å². The van der Waals surface area contributed by atoms with E-state index in [4.69, 9.17) is 22.0 Å². The third-order valence-electron chi connectivity index (χ3n) is 3.39. The van der Waals surface area contributed by atoms with Gasteiger partial charge in [-0.05, 0) is 42.7 Å². The second-order valence-corrected chi connectivity index (χ2v) is 5.10. The molecule has 0 aliphatic rings. The van der Waals surface area contributed by atoms with E-state index in [1.807, 2.05) is 30.3 Å². The number of aromatic nitrogens is 1. The predicted molar refractivity (Wildman–Crippen MR) is 90.1 cm³/mol. The minimum absolute atomic E-state index is 0.263. The second-order valence-electron chi connectivity index (χ2n) is 5.10. The van der Waals surface area contributed by atoms with Crippen LogP contribution in [-0.4, -0.2) is 16.6 Å². The monoisotopic (exact) mass is 293 g/mol. The van der Waals surface area contributed by atoms with Gasteiger partial charge < -0.3 is 11.1 Å². The summed E-state index contributed by atoms with van der Waals surface area (Å²) in [6.45, 7) is 3.51. The van der Waals surface area contributed by atoms with E-state index in [1.54, 1.807) is 26.1 Å². The maximum atomic E-state index is 7.83. The van der Waals surface area contributed by atoms with E-state index in [1.165, 1.54) is 4.57 Å². The molecule has 0 fully saturated rings. The summed E-state index contributed by atoms with van der Waals surface area (Å²) in [6, 6.07) is 11.3. The van der Waals surface area contributed by atoms with Gasteiger partial charge in [-0.2, -0.15) is 0 Å². The maximum Gasteiger partial charge on any atom is 0.130 e. The van der Waals surface area contributed by atoms with Crippen LogP contribution in [0.15, 0.2) is 48.3 Å². The van der Waals surface area contributed by atoms with Gasteiger partial charge in [0.05, 0.1) is 6.34 Å². The summed E-state index contributed by atoms with van der Waals surface area (Å²) in [5.41, 5.74) is 10.8. The lowest BCUT2D eigenvalue weighted by Gasteiger charge is -2.10. The Hall–Kier alpha value is -2.95. The van der Waals surface area contributed by atoms with Crippen molar-refractivity contribution in [2.75, 3.05) is 0 Å². The largest absolute Gasteiger partial charge is 0.402 e. The molecule has 0 spiro atoms. The lowest BCUT2D eigenvalue weighted by atomic mass is 9.97. The van der Waals surface area contributed by atoms with Gasteiger partial charge in [-0.15, -0.1) is 0 Å². The van der Waals surface area contributed by atoms with Crippen molar-refractivity contribution in [3.8, 4) is 11.1 Å². The summed E-state index contributed by atoms with van der Waals surface area (Å²) in [5, 5.41) is 22.8. The Morgan fingerprint density at radius 3 is 2.14 bits per heavy atom. The van der Waals surface area contributed by atoms with Crippen molar-refractivity contribution in [2.24, 2.45) is 5.73 Å². The quantitative estimate of drug-likeness (QED) is 0.505. The van der Waals surface area contributed by atoms with Crippen molar-refractivity contribution in [3.63, 3.8) is 0 Å². The molecule has 112 valence electrons. The zero-order chi connectivity index (χ0) is 16.3. The van der Waals surface area contributed by atoms with E-state index in [9.17, 15) is 0 Å². The van der Waals surface area contributed by atoms with E-state index in [0.717, 1.165) is 28.6 Å². The van der Waals surface area contributed by atoms with Crippen LogP contribution >= 0.6 is 0 Å². The SMILES string of the molecule is CC(=N)/C(=C(/C)N)c1ccc(-c2ccc(=N)n(C=N)c2)cc1. The molecule has 1 aromatic heterocycles. The molecule has 0 aliphatic carbocycles. The Morgan fingerprint density at radius 2 is 1.64 bits per heavy atom. The lowest BCUT2D eigenvalue weighted by Crippen LogP contribution is -2.17. The highest BCUT2D eigenvalue weighted by atomic mass is 15.0. The molecular formula is C17H19N5. The first kappa shape index (κ1) is 15.4. The minimum Gasteiger partial charge on any atom is -0.402 e. The molecule has 5 N–H and O–H groups in total. The molecule has 5 heteroatoms. The number of pyridine rings is 1. The summed E-state index contributed by atoms with van der Waals surface area (Å²) < 4.78 is 1.44. The average molecular weight is 293 g/mol. The van der Waals surface area contributed by atoms with Gasteiger partial charge >= 0.3 is 0 Å². The van der Waals surface area contributed by atoms with E-state index >= 15 is 0 Å². The molecule has 2 rings (SSSR count). The second kappa shape index (κ2) is 6.22. The molecule has 1 aromatic carbocycles. The van der Waals surface area contributed by atoms with E-state index in [2.05, 4.69) is 0 Å². The molecular weight excluding hydrogens is 274 g/mol. The third kappa shape index (κ3) is 3.03. The zero-order valence-corrected chi connectivity index (χ0v) is 12.6. The van der Waals surface area contributed by atoms with Crippen molar-refractivity contribution in [3.05, 3.63) is 59.3 Å². The molecule has 0 amide bonds. The molecule has 1 heterocycles. The van der Waals surface area contributed by atoms with E-state index in [0.29, 0.717) is 11.4 Å². The lowest BCUT2D eigenvalue weighted by molar-refractivity contribution is 0.989. The summed E-state index contributed by atoms with van der Waals surface area (Å²) in [4.78, 5) is 0. The van der Waals surface area contributed by atoms with E-state index in [-0.39, 0.29) is 5.49 Å². The number of rotatable bonds is 4. The summed E-state index contributed by atoms with van der Waals surface area (Å²) >= 11 is 0. The highest BCUT2D eigenvalue weighted by Crippen LogP contribution is 2.23. The summed E-state index contributed by atoms with van der Waals surface area (Å²) in [7, 11) is 0. The molecule has 2 aromatic rings. The Bertz CT molecular complexity index is 806. The summed E-state index contributed by atoms with van der Waals surface area (Å²) in [5.74, 6) is 0. The van der Waals surface area contributed by atoms with Crippen LogP contribution in [0.4, 0.5) is 0 Å². The maximum absolute atomic E-state index is 7.83.